The van der Waals surface area contributed by atoms with Crippen molar-refractivity contribution in [2.45, 2.75) is 0 Å². The number of carbonyl (C=O) groups is 1. The fraction of sp³-hybridized carbons (Fsp3) is 0. The second kappa shape index (κ2) is 4.53. The Labute approximate surface area is 108 Å². The topological polar surface area (TPSA) is 57.8 Å². The molecule has 0 radical (unpaired) electrons. The third kappa shape index (κ3) is 2.18. The van der Waals surface area contributed by atoms with Crippen molar-refractivity contribution < 1.29 is 9.18 Å². The molecular weight excluding hydrogens is 245 g/mol. The highest BCUT2D eigenvalue weighted by Gasteiger charge is 2.11. The van der Waals surface area contributed by atoms with Gasteiger partial charge in [0.1, 0.15) is 17.2 Å². The average molecular weight is 255 g/mol. The lowest BCUT2D eigenvalue weighted by molar-refractivity contribution is 0.102. The van der Waals surface area contributed by atoms with Gasteiger partial charge in [-0.25, -0.2) is 9.37 Å². The third-order valence-electron chi connectivity index (χ3n) is 2.76. The number of halogens is 1. The zero-order valence-electron chi connectivity index (χ0n) is 9.85. The molecule has 0 bridgehead atoms. The van der Waals surface area contributed by atoms with E-state index < -0.39 is 11.7 Å². The summed E-state index contributed by atoms with van der Waals surface area (Å²) < 4.78 is 13.4. The van der Waals surface area contributed by atoms with Crippen molar-refractivity contribution in [3.05, 3.63) is 60.2 Å². The van der Waals surface area contributed by atoms with E-state index in [9.17, 15) is 9.18 Å². The molecular formula is C14H10FN3O. The number of benzene rings is 1. The number of nitrogens with zero attached hydrogens (tertiary/aromatic N) is 1. The predicted octanol–water partition coefficient (Wildman–Crippen LogP) is 2.95. The number of aromatic nitrogens is 2. The minimum Gasteiger partial charge on any atom is -0.335 e. The highest BCUT2D eigenvalue weighted by molar-refractivity contribution is 6.05. The number of hydrogen-bond acceptors (Lipinski definition) is 2. The van der Waals surface area contributed by atoms with Crippen LogP contribution in [0.15, 0.2) is 48.7 Å². The van der Waals surface area contributed by atoms with E-state index in [2.05, 4.69) is 15.3 Å². The van der Waals surface area contributed by atoms with Gasteiger partial charge in [-0.05, 0) is 30.3 Å². The van der Waals surface area contributed by atoms with Gasteiger partial charge in [0.25, 0.3) is 5.91 Å². The van der Waals surface area contributed by atoms with Gasteiger partial charge in [-0.1, -0.05) is 12.1 Å². The SMILES string of the molecule is O=C(Nc1ccccc1F)c1cc2cccnc2[nH]1. The smallest absolute Gasteiger partial charge is 0.272 e. The number of H-pyrrole nitrogens is 1. The Morgan fingerprint density at radius 3 is 2.84 bits per heavy atom. The van der Waals surface area contributed by atoms with Crippen LogP contribution in [0.5, 0.6) is 0 Å². The van der Waals surface area contributed by atoms with Gasteiger partial charge in [0.2, 0.25) is 0 Å². The molecule has 3 rings (SSSR count). The molecule has 3 aromatic rings. The molecule has 1 amide bonds. The van der Waals surface area contributed by atoms with Crippen LogP contribution in [0.4, 0.5) is 10.1 Å². The van der Waals surface area contributed by atoms with Crippen molar-refractivity contribution in [1.82, 2.24) is 9.97 Å². The molecule has 0 aliphatic heterocycles. The highest BCUT2D eigenvalue weighted by atomic mass is 19.1. The fourth-order valence-electron chi connectivity index (χ4n) is 1.83. The fourth-order valence-corrected chi connectivity index (χ4v) is 1.83. The summed E-state index contributed by atoms with van der Waals surface area (Å²) in [6.45, 7) is 0. The maximum absolute atomic E-state index is 13.4. The van der Waals surface area contributed by atoms with Gasteiger partial charge in [0.05, 0.1) is 5.69 Å². The molecule has 0 fully saturated rings. The number of nitrogens with one attached hydrogen (secondary N) is 2. The van der Waals surface area contributed by atoms with Crippen molar-refractivity contribution in [1.29, 1.82) is 0 Å². The van der Waals surface area contributed by atoms with Gasteiger partial charge < -0.3 is 10.3 Å². The van der Waals surface area contributed by atoms with Crippen LogP contribution < -0.4 is 5.32 Å². The zero-order chi connectivity index (χ0) is 13.2. The number of amides is 1. The molecule has 0 atom stereocenters. The average Bonchev–Trinajstić information content (AvgIpc) is 2.85. The molecule has 0 aliphatic rings. The Morgan fingerprint density at radius 2 is 2.05 bits per heavy atom. The first-order valence-corrected chi connectivity index (χ1v) is 5.73. The van der Waals surface area contributed by atoms with Gasteiger partial charge in [-0.15, -0.1) is 0 Å². The van der Waals surface area contributed by atoms with E-state index in [1.54, 1.807) is 30.5 Å². The van der Waals surface area contributed by atoms with Gasteiger partial charge in [0.15, 0.2) is 0 Å². The lowest BCUT2D eigenvalue weighted by Gasteiger charge is -2.04. The number of pyridine rings is 1. The van der Waals surface area contributed by atoms with Crippen LogP contribution in [0.25, 0.3) is 11.0 Å². The summed E-state index contributed by atoms with van der Waals surface area (Å²) in [5.41, 5.74) is 1.12. The van der Waals surface area contributed by atoms with Crippen LogP contribution in [0.1, 0.15) is 10.5 Å². The molecule has 0 unspecified atom stereocenters. The molecule has 4 nitrogen and oxygen atoms in total. The van der Waals surface area contributed by atoms with Crippen molar-refractivity contribution >= 4 is 22.6 Å². The summed E-state index contributed by atoms with van der Waals surface area (Å²) in [5.74, 6) is -0.867. The molecule has 5 heteroatoms. The van der Waals surface area contributed by atoms with E-state index in [0.717, 1.165) is 5.39 Å². The van der Waals surface area contributed by atoms with E-state index in [1.165, 1.54) is 12.1 Å². The molecule has 0 saturated heterocycles. The summed E-state index contributed by atoms with van der Waals surface area (Å²) in [5, 5.41) is 3.35. The Bertz CT molecular complexity index is 718. The molecule has 1 aromatic carbocycles. The summed E-state index contributed by atoms with van der Waals surface area (Å²) in [6, 6.07) is 11.3. The molecule has 0 spiro atoms. The largest absolute Gasteiger partial charge is 0.335 e. The summed E-state index contributed by atoms with van der Waals surface area (Å²) in [6.07, 6.45) is 1.64. The third-order valence-corrected chi connectivity index (χ3v) is 2.76. The number of rotatable bonds is 2. The minimum atomic E-state index is -0.468. The second-order valence-corrected chi connectivity index (χ2v) is 4.06. The number of aromatic amines is 1. The van der Waals surface area contributed by atoms with E-state index in [4.69, 9.17) is 0 Å². The van der Waals surface area contributed by atoms with Crippen LogP contribution in [-0.4, -0.2) is 15.9 Å². The summed E-state index contributed by atoms with van der Waals surface area (Å²) in [7, 11) is 0. The second-order valence-electron chi connectivity index (χ2n) is 4.06. The van der Waals surface area contributed by atoms with Gasteiger partial charge in [0, 0.05) is 11.6 Å². The molecule has 0 saturated carbocycles. The van der Waals surface area contributed by atoms with Crippen molar-refractivity contribution in [2.75, 3.05) is 5.32 Å². The van der Waals surface area contributed by atoms with Crippen molar-refractivity contribution in [3.63, 3.8) is 0 Å². The monoisotopic (exact) mass is 255 g/mol. The standard InChI is InChI=1S/C14H10FN3O/c15-10-5-1-2-6-11(10)18-14(19)12-8-9-4-3-7-16-13(9)17-12/h1-8H,(H,16,17)(H,18,19). The highest BCUT2D eigenvalue weighted by Crippen LogP contribution is 2.16. The Balaban J connectivity index is 1.90. The molecule has 0 aliphatic carbocycles. The minimum absolute atomic E-state index is 0.152. The molecule has 2 N–H and O–H groups in total. The van der Waals surface area contributed by atoms with E-state index in [-0.39, 0.29) is 5.69 Å². The number of carbonyl (C=O) groups excluding carboxylic acids is 1. The van der Waals surface area contributed by atoms with Gasteiger partial charge in [-0.2, -0.15) is 0 Å². The van der Waals surface area contributed by atoms with Crippen LogP contribution >= 0.6 is 0 Å². The first-order chi connectivity index (χ1) is 9.24. The first kappa shape index (κ1) is 11.4. The van der Waals surface area contributed by atoms with Crippen molar-refractivity contribution in [2.24, 2.45) is 0 Å². The Hall–Kier alpha value is -2.69. The molecule has 2 heterocycles. The number of fused-ring (bicyclic) bond motifs is 1. The summed E-state index contributed by atoms with van der Waals surface area (Å²) >= 11 is 0. The number of para-hydroxylation sites is 1. The lowest BCUT2D eigenvalue weighted by atomic mass is 10.3. The van der Waals surface area contributed by atoms with Crippen LogP contribution in [0.2, 0.25) is 0 Å². The Morgan fingerprint density at radius 1 is 1.21 bits per heavy atom. The quantitative estimate of drug-likeness (QED) is 0.739. The predicted molar refractivity (Wildman–Crippen MR) is 70.4 cm³/mol. The van der Waals surface area contributed by atoms with Crippen LogP contribution in [0.3, 0.4) is 0 Å². The van der Waals surface area contributed by atoms with Crippen LogP contribution in [0, 0.1) is 5.82 Å². The maximum atomic E-state index is 13.4. The Kier molecular flexibility index (Phi) is 2.72. The van der Waals surface area contributed by atoms with Crippen molar-refractivity contribution in [3.8, 4) is 0 Å². The van der Waals surface area contributed by atoms with E-state index in [0.29, 0.717) is 11.3 Å². The molecule has 2 aromatic heterocycles. The zero-order valence-corrected chi connectivity index (χ0v) is 9.85. The first-order valence-electron chi connectivity index (χ1n) is 5.73. The van der Waals surface area contributed by atoms with Gasteiger partial charge in [-0.3, -0.25) is 4.79 Å². The van der Waals surface area contributed by atoms with Crippen LogP contribution in [-0.2, 0) is 0 Å². The molecule has 94 valence electrons. The van der Waals surface area contributed by atoms with E-state index in [1.807, 2.05) is 6.07 Å². The lowest BCUT2D eigenvalue weighted by Crippen LogP contribution is -2.13. The number of anilines is 1. The number of hydrogen-bond donors (Lipinski definition) is 2. The maximum Gasteiger partial charge on any atom is 0.272 e. The molecule has 19 heavy (non-hydrogen) atoms. The van der Waals surface area contributed by atoms with Gasteiger partial charge >= 0.3 is 0 Å². The summed E-state index contributed by atoms with van der Waals surface area (Å²) in [4.78, 5) is 19.0. The normalized spacial score (nSPS) is 10.6. The van der Waals surface area contributed by atoms with E-state index >= 15 is 0 Å².